The molecule has 2 amide bonds. The fraction of sp³-hybridized carbons (Fsp3) is 0.300. The van der Waals surface area contributed by atoms with Gasteiger partial charge in [0.2, 0.25) is 0 Å². The van der Waals surface area contributed by atoms with E-state index in [-0.39, 0.29) is 10.7 Å². The molecule has 1 atom stereocenters. The zero-order valence-corrected chi connectivity index (χ0v) is 17.2. The maximum Gasteiger partial charge on any atom is 0.412 e. The normalized spacial score (nSPS) is 11.9. The number of benzene rings is 1. The van der Waals surface area contributed by atoms with E-state index in [0.717, 1.165) is 0 Å². The van der Waals surface area contributed by atoms with Crippen molar-refractivity contribution in [3.63, 3.8) is 0 Å². The van der Waals surface area contributed by atoms with Gasteiger partial charge in [-0.05, 0) is 64.1 Å². The van der Waals surface area contributed by atoms with Crippen molar-refractivity contribution < 1.29 is 23.9 Å². The van der Waals surface area contributed by atoms with Gasteiger partial charge in [0.05, 0.1) is 11.3 Å². The van der Waals surface area contributed by atoms with Crippen LogP contribution in [0.25, 0.3) is 0 Å². The molecule has 29 heavy (non-hydrogen) atoms. The van der Waals surface area contributed by atoms with Crippen molar-refractivity contribution >= 4 is 40.9 Å². The lowest BCUT2D eigenvalue weighted by atomic mass is 10.2. The van der Waals surface area contributed by atoms with Crippen LogP contribution in [0.3, 0.4) is 0 Å². The van der Waals surface area contributed by atoms with Gasteiger partial charge in [0.15, 0.2) is 11.3 Å². The highest BCUT2D eigenvalue weighted by Gasteiger charge is 2.20. The first kappa shape index (κ1) is 22.2. The molecule has 0 saturated carbocycles. The van der Waals surface area contributed by atoms with Gasteiger partial charge in [-0.15, -0.1) is 0 Å². The van der Waals surface area contributed by atoms with Crippen LogP contribution in [-0.4, -0.2) is 34.7 Å². The number of esters is 1. The fourth-order valence-corrected chi connectivity index (χ4v) is 2.27. The Labute approximate surface area is 173 Å². The largest absolute Gasteiger partial charge is 0.449 e. The molecule has 0 aliphatic rings. The van der Waals surface area contributed by atoms with Crippen molar-refractivity contribution in [2.75, 3.05) is 10.6 Å². The molecule has 8 nitrogen and oxygen atoms in total. The number of pyridine rings is 1. The molecule has 0 aliphatic carbocycles. The summed E-state index contributed by atoms with van der Waals surface area (Å²) in [5.74, 6) is -1.23. The second-order valence-corrected chi connectivity index (χ2v) is 7.44. The molecule has 9 heteroatoms. The molecular weight excluding hydrogens is 398 g/mol. The van der Waals surface area contributed by atoms with Crippen LogP contribution in [0.15, 0.2) is 42.6 Å². The molecule has 0 spiro atoms. The SMILES string of the molecule is C[C@H](OC(=O)c1ccc(NC(=O)OC(C)(C)C)cc1)C(=O)Nc1cccnc1Cl. The van der Waals surface area contributed by atoms with E-state index in [0.29, 0.717) is 11.4 Å². The van der Waals surface area contributed by atoms with Gasteiger partial charge in [-0.1, -0.05) is 11.6 Å². The summed E-state index contributed by atoms with van der Waals surface area (Å²) in [6.45, 7) is 6.71. The predicted molar refractivity (Wildman–Crippen MR) is 109 cm³/mol. The minimum absolute atomic E-state index is 0.132. The van der Waals surface area contributed by atoms with Gasteiger partial charge in [0, 0.05) is 11.9 Å². The summed E-state index contributed by atoms with van der Waals surface area (Å²) in [6.07, 6.45) is -0.173. The summed E-state index contributed by atoms with van der Waals surface area (Å²) in [6, 6.07) is 9.19. The van der Waals surface area contributed by atoms with Gasteiger partial charge in [0.1, 0.15) is 5.60 Å². The van der Waals surface area contributed by atoms with E-state index in [1.807, 2.05) is 0 Å². The van der Waals surface area contributed by atoms with Crippen LogP contribution < -0.4 is 10.6 Å². The minimum Gasteiger partial charge on any atom is -0.449 e. The highest BCUT2D eigenvalue weighted by Crippen LogP contribution is 2.18. The highest BCUT2D eigenvalue weighted by atomic mass is 35.5. The number of rotatable bonds is 5. The summed E-state index contributed by atoms with van der Waals surface area (Å²) < 4.78 is 10.3. The molecule has 2 aromatic rings. The number of nitrogens with one attached hydrogen (secondary N) is 2. The number of aromatic nitrogens is 1. The Balaban J connectivity index is 1.92. The van der Waals surface area contributed by atoms with Crippen LogP contribution in [0, 0.1) is 0 Å². The number of anilines is 2. The van der Waals surface area contributed by atoms with E-state index in [1.165, 1.54) is 37.4 Å². The van der Waals surface area contributed by atoms with Gasteiger partial charge in [0.25, 0.3) is 5.91 Å². The summed E-state index contributed by atoms with van der Waals surface area (Å²) in [4.78, 5) is 40.0. The minimum atomic E-state index is -1.06. The van der Waals surface area contributed by atoms with E-state index >= 15 is 0 Å². The van der Waals surface area contributed by atoms with Crippen molar-refractivity contribution in [2.24, 2.45) is 0 Å². The monoisotopic (exact) mass is 419 g/mol. The molecule has 1 aromatic heterocycles. The summed E-state index contributed by atoms with van der Waals surface area (Å²) in [7, 11) is 0. The lowest BCUT2D eigenvalue weighted by Gasteiger charge is -2.19. The average Bonchev–Trinajstić information content (AvgIpc) is 2.62. The topological polar surface area (TPSA) is 107 Å². The number of halogens is 1. The van der Waals surface area contributed by atoms with Crippen molar-refractivity contribution in [1.29, 1.82) is 0 Å². The van der Waals surface area contributed by atoms with Crippen molar-refractivity contribution in [2.45, 2.75) is 39.4 Å². The fourth-order valence-electron chi connectivity index (χ4n) is 2.11. The lowest BCUT2D eigenvalue weighted by molar-refractivity contribution is -0.123. The van der Waals surface area contributed by atoms with Crippen LogP contribution in [-0.2, 0) is 14.3 Å². The first-order valence-corrected chi connectivity index (χ1v) is 9.15. The second kappa shape index (κ2) is 9.38. The first-order chi connectivity index (χ1) is 13.5. The smallest absolute Gasteiger partial charge is 0.412 e. The van der Waals surface area contributed by atoms with E-state index in [9.17, 15) is 14.4 Å². The average molecular weight is 420 g/mol. The number of hydrogen-bond acceptors (Lipinski definition) is 6. The Hall–Kier alpha value is -3.13. The van der Waals surface area contributed by atoms with Gasteiger partial charge in [-0.3, -0.25) is 10.1 Å². The maximum atomic E-state index is 12.2. The number of hydrogen-bond donors (Lipinski definition) is 2. The predicted octanol–water partition coefficient (Wildman–Crippen LogP) is 4.27. The first-order valence-electron chi connectivity index (χ1n) is 8.77. The summed E-state index contributed by atoms with van der Waals surface area (Å²) in [5.41, 5.74) is 0.371. The van der Waals surface area contributed by atoms with Crippen LogP contribution in [0.4, 0.5) is 16.2 Å². The van der Waals surface area contributed by atoms with E-state index in [1.54, 1.807) is 32.9 Å². The molecule has 0 radical (unpaired) electrons. The quantitative estimate of drug-likeness (QED) is 0.553. The number of carbonyl (C=O) groups excluding carboxylic acids is 3. The Kier molecular flexibility index (Phi) is 7.17. The molecule has 0 unspecified atom stereocenters. The van der Waals surface area contributed by atoms with Gasteiger partial charge in [-0.2, -0.15) is 0 Å². The molecule has 0 bridgehead atoms. The number of amides is 2. The standard InChI is InChI=1S/C20H22ClN3O5/c1-12(17(25)24-15-6-5-11-22-16(15)21)28-18(26)13-7-9-14(10-8-13)23-19(27)29-20(2,3)4/h5-12H,1-4H3,(H,23,27)(H,24,25)/t12-/m0/s1. The Morgan fingerprint density at radius 3 is 2.31 bits per heavy atom. The van der Waals surface area contributed by atoms with Crippen molar-refractivity contribution in [1.82, 2.24) is 4.98 Å². The maximum absolute atomic E-state index is 12.2. The molecule has 0 saturated heterocycles. The van der Waals surface area contributed by atoms with Gasteiger partial charge >= 0.3 is 12.1 Å². The molecule has 154 valence electrons. The molecule has 2 rings (SSSR count). The Bertz CT molecular complexity index is 894. The Morgan fingerprint density at radius 2 is 1.72 bits per heavy atom. The molecule has 0 fully saturated rings. The van der Waals surface area contributed by atoms with Crippen LogP contribution in [0.2, 0.25) is 5.15 Å². The molecule has 1 heterocycles. The zero-order chi connectivity index (χ0) is 21.6. The molecule has 0 aliphatic heterocycles. The van der Waals surface area contributed by atoms with E-state index in [2.05, 4.69) is 15.6 Å². The third-order valence-electron chi connectivity index (χ3n) is 3.44. The van der Waals surface area contributed by atoms with Crippen molar-refractivity contribution in [3.05, 3.63) is 53.3 Å². The van der Waals surface area contributed by atoms with E-state index in [4.69, 9.17) is 21.1 Å². The van der Waals surface area contributed by atoms with Crippen LogP contribution in [0.5, 0.6) is 0 Å². The lowest BCUT2D eigenvalue weighted by Crippen LogP contribution is -2.30. The number of ether oxygens (including phenoxy) is 2. The molecule has 1 aromatic carbocycles. The van der Waals surface area contributed by atoms with Crippen LogP contribution in [0.1, 0.15) is 38.1 Å². The summed E-state index contributed by atoms with van der Waals surface area (Å²) >= 11 is 5.89. The molecule has 2 N–H and O–H groups in total. The molecular formula is C20H22ClN3O5. The number of carbonyl (C=O) groups is 3. The van der Waals surface area contributed by atoms with Gasteiger partial charge in [-0.25, -0.2) is 14.6 Å². The second-order valence-electron chi connectivity index (χ2n) is 7.08. The van der Waals surface area contributed by atoms with E-state index < -0.39 is 29.7 Å². The summed E-state index contributed by atoms with van der Waals surface area (Å²) in [5, 5.41) is 5.24. The zero-order valence-electron chi connectivity index (χ0n) is 16.5. The van der Waals surface area contributed by atoms with Crippen molar-refractivity contribution in [3.8, 4) is 0 Å². The number of nitrogens with zero attached hydrogens (tertiary/aromatic N) is 1. The van der Waals surface area contributed by atoms with Crippen LogP contribution >= 0.6 is 11.6 Å². The highest BCUT2D eigenvalue weighted by molar-refractivity contribution is 6.32. The third kappa shape index (κ3) is 7.08. The Morgan fingerprint density at radius 1 is 1.07 bits per heavy atom. The van der Waals surface area contributed by atoms with Gasteiger partial charge < -0.3 is 14.8 Å². The third-order valence-corrected chi connectivity index (χ3v) is 3.74.